The van der Waals surface area contributed by atoms with Crippen molar-refractivity contribution in [1.29, 1.82) is 0 Å². The lowest BCUT2D eigenvalue weighted by atomic mass is 10.0. The smallest absolute Gasteiger partial charge is 0.124 e. The standard InChI is InChI=1S/C13H18BrFN2/c14-12-8-10(15)4-5-11(12)13(9-16)17-6-2-1-3-7-17/h4-5,8,13H,1-3,6-7,9,16H2. The topological polar surface area (TPSA) is 29.3 Å². The second-order valence-electron chi connectivity index (χ2n) is 4.51. The van der Waals surface area contributed by atoms with Crippen LogP contribution in [0, 0.1) is 5.82 Å². The fourth-order valence-corrected chi connectivity index (χ4v) is 3.09. The summed E-state index contributed by atoms with van der Waals surface area (Å²) in [7, 11) is 0. The van der Waals surface area contributed by atoms with Crippen molar-refractivity contribution in [2.45, 2.75) is 25.3 Å². The molecule has 17 heavy (non-hydrogen) atoms. The van der Waals surface area contributed by atoms with Crippen molar-refractivity contribution in [2.24, 2.45) is 5.73 Å². The van der Waals surface area contributed by atoms with E-state index in [0.29, 0.717) is 6.54 Å². The number of hydrogen-bond acceptors (Lipinski definition) is 2. The first-order chi connectivity index (χ1) is 8.22. The molecule has 1 aliphatic heterocycles. The molecule has 0 aliphatic carbocycles. The molecule has 0 aromatic heterocycles. The zero-order valence-corrected chi connectivity index (χ0v) is 11.4. The normalized spacial score (nSPS) is 19.2. The minimum absolute atomic E-state index is 0.199. The van der Waals surface area contributed by atoms with Gasteiger partial charge in [0.25, 0.3) is 0 Å². The molecule has 1 heterocycles. The predicted molar refractivity (Wildman–Crippen MR) is 71.3 cm³/mol. The molecule has 1 fully saturated rings. The van der Waals surface area contributed by atoms with E-state index in [2.05, 4.69) is 20.8 Å². The second-order valence-corrected chi connectivity index (χ2v) is 5.37. The molecule has 0 saturated carbocycles. The van der Waals surface area contributed by atoms with Crippen LogP contribution < -0.4 is 5.73 Å². The summed E-state index contributed by atoms with van der Waals surface area (Å²) in [5.74, 6) is -0.213. The van der Waals surface area contributed by atoms with Crippen LogP contribution in [0.4, 0.5) is 4.39 Å². The molecule has 1 unspecified atom stereocenters. The van der Waals surface area contributed by atoms with Gasteiger partial charge in [-0.3, -0.25) is 4.90 Å². The van der Waals surface area contributed by atoms with Crippen molar-refractivity contribution in [1.82, 2.24) is 4.90 Å². The van der Waals surface area contributed by atoms with Crippen molar-refractivity contribution >= 4 is 15.9 Å². The Labute approximate surface area is 110 Å². The van der Waals surface area contributed by atoms with Gasteiger partial charge < -0.3 is 5.73 Å². The van der Waals surface area contributed by atoms with Crippen LogP contribution in [-0.2, 0) is 0 Å². The van der Waals surface area contributed by atoms with Gasteiger partial charge in [-0.05, 0) is 43.6 Å². The molecule has 0 amide bonds. The molecule has 1 aliphatic rings. The van der Waals surface area contributed by atoms with E-state index >= 15 is 0 Å². The van der Waals surface area contributed by atoms with Crippen LogP contribution in [-0.4, -0.2) is 24.5 Å². The third-order valence-corrected chi connectivity index (χ3v) is 4.06. The SMILES string of the molecule is NCC(c1ccc(F)cc1Br)N1CCCCC1. The van der Waals surface area contributed by atoms with Crippen molar-refractivity contribution in [3.8, 4) is 0 Å². The maximum Gasteiger partial charge on any atom is 0.124 e. The van der Waals surface area contributed by atoms with Crippen LogP contribution in [0.25, 0.3) is 0 Å². The molecule has 1 aromatic carbocycles. The maximum absolute atomic E-state index is 13.1. The highest BCUT2D eigenvalue weighted by Crippen LogP contribution is 2.29. The maximum atomic E-state index is 13.1. The van der Waals surface area contributed by atoms with Gasteiger partial charge in [0.15, 0.2) is 0 Å². The Morgan fingerprint density at radius 2 is 2.00 bits per heavy atom. The number of benzene rings is 1. The summed E-state index contributed by atoms with van der Waals surface area (Å²) in [5.41, 5.74) is 6.98. The zero-order chi connectivity index (χ0) is 12.3. The summed E-state index contributed by atoms with van der Waals surface area (Å²) < 4.78 is 13.9. The minimum Gasteiger partial charge on any atom is -0.329 e. The Bertz CT molecular complexity index is 378. The first kappa shape index (κ1) is 13.0. The Kier molecular flexibility index (Phi) is 4.54. The summed E-state index contributed by atoms with van der Waals surface area (Å²) in [6.45, 7) is 2.75. The number of halogens is 2. The molecule has 1 saturated heterocycles. The Hall–Kier alpha value is -0.450. The summed E-state index contributed by atoms with van der Waals surface area (Å²) in [5, 5.41) is 0. The van der Waals surface area contributed by atoms with Gasteiger partial charge in [-0.15, -0.1) is 0 Å². The predicted octanol–water partition coefficient (Wildman–Crippen LogP) is 3.07. The van der Waals surface area contributed by atoms with E-state index < -0.39 is 0 Å². The van der Waals surface area contributed by atoms with E-state index in [1.54, 1.807) is 0 Å². The highest BCUT2D eigenvalue weighted by atomic mass is 79.9. The van der Waals surface area contributed by atoms with E-state index in [9.17, 15) is 4.39 Å². The molecule has 2 N–H and O–H groups in total. The lowest BCUT2D eigenvalue weighted by molar-refractivity contribution is 0.167. The van der Waals surface area contributed by atoms with Crippen molar-refractivity contribution in [2.75, 3.05) is 19.6 Å². The van der Waals surface area contributed by atoms with Gasteiger partial charge in [0, 0.05) is 17.1 Å². The molecule has 2 rings (SSSR count). The van der Waals surface area contributed by atoms with Crippen molar-refractivity contribution in [3.05, 3.63) is 34.1 Å². The number of likely N-dealkylation sites (tertiary alicyclic amines) is 1. The number of piperidine rings is 1. The fourth-order valence-electron chi connectivity index (χ4n) is 2.47. The van der Waals surface area contributed by atoms with Crippen LogP contribution in [0.1, 0.15) is 30.9 Å². The lowest BCUT2D eigenvalue weighted by Crippen LogP contribution is -2.37. The van der Waals surface area contributed by atoms with Crippen molar-refractivity contribution < 1.29 is 4.39 Å². The van der Waals surface area contributed by atoms with E-state index in [-0.39, 0.29) is 11.9 Å². The average Bonchev–Trinajstić information content (AvgIpc) is 2.34. The van der Waals surface area contributed by atoms with Crippen LogP contribution in [0.15, 0.2) is 22.7 Å². The Morgan fingerprint density at radius 3 is 2.59 bits per heavy atom. The van der Waals surface area contributed by atoms with Crippen LogP contribution in [0.5, 0.6) is 0 Å². The molecule has 1 aromatic rings. The van der Waals surface area contributed by atoms with Crippen LogP contribution in [0.2, 0.25) is 0 Å². The van der Waals surface area contributed by atoms with E-state index in [0.717, 1.165) is 23.1 Å². The second kappa shape index (κ2) is 5.94. The molecule has 0 radical (unpaired) electrons. The molecule has 0 bridgehead atoms. The van der Waals surface area contributed by atoms with E-state index in [4.69, 9.17) is 5.73 Å². The average molecular weight is 301 g/mol. The minimum atomic E-state index is -0.213. The van der Waals surface area contributed by atoms with Gasteiger partial charge in [-0.2, -0.15) is 0 Å². The van der Waals surface area contributed by atoms with Gasteiger partial charge in [0.05, 0.1) is 0 Å². The number of nitrogens with zero attached hydrogens (tertiary/aromatic N) is 1. The summed E-state index contributed by atoms with van der Waals surface area (Å²) in [4.78, 5) is 2.40. The highest BCUT2D eigenvalue weighted by Gasteiger charge is 2.22. The van der Waals surface area contributed by atoms with E-state index in [1.807, 2.05) is 6.07 Å². The summed E-state index contributed by atoms with van der Waals surface area (Å²) >= 11 is 3.43. The monoisotopic (exact) mass is 300 g/mol. The molecule has 0 spiro atoms. The van der Waals surface area contributed by atoms with Gasteiger partial charge >= 0.3 is 0 Å². The summed E-state index contributed by atoms with van der Waals surface area (Å²) in [6.07, 6.45) is 3.77. The van der Waals surface area contributed by atoms with Crippen LogP contribution >= 0.6 is 15.9 Å². The highest BCUT2D eigenvalue weighted by molar-refractivity contribution is 9.10. The van der Waals surface area contributed by atoms with Gasteiger partial charge in [-0.25, -0.2) is 4.39 Å². The quantitative estimate of drug-likeness (QED) is 0.929. The first-order valence-electron chi connectivity index (χ1n) is 6.11. The van der Waals surface area contributed by atoms with Crippen LogP contribution in [0.3, 0.4) is 0 Å². The molecule has 2 nitrogen and oxygen atoms in total. The fraction of sp³-hybridized carbons (Fsp3) is 0.538. The van der Waals surface area contributed by atoms with Crippen molar-refractivity contribution in [3.63, 3.8) is 0 Å². The lowest BCUT2D eigenvalue weighted by Gasteiger charge is -2.34. The Morgan fingerprint density at radius 1 is 1.29 bits per heavy atom. The largest absolute Gasteiger partial charge is 0.329 e. The van der Waals surface area contributed by atoms with Gasteiger partial charge in [0.1, 0.15) is 5.82 Å². The van der Waals surface area contributed by atoms with Gasteiger partial charge in [0.2, 0.25) is 0 Å². The number of rotatable bonds is 3. The first-order valence-corrected chi connectivity index (χ1v) is 6.90. The molecule has 1 atom stereocenters. The molecular formula is C13H18BrFN2. The third kappa shape index (κ3) is 3.06. The molecule has 4 heteroatoms. The zero-order valence-electron chi connectivity index (χ0n) is 9.83. The summed E-state index contributed by atoms with van der Waals surface area (Å²) in [6, 6.07) is 5.06. The Balaban J connectivity index is 2.21. The molecule has 94 valence electrons. The van der Waals surface area contributed by atoms with Gasteiger partial charge in [-0.1, -0.05) is 28.4 Å². The number of hydrogen-bond donors (Lipinski definition) is 1. The molecular weight excluding hydrogens is 283 g/mol. The van der Waals surface area contributed by atoms with E-state index in [1.165, 1.54) is 31.4 Å². The third-order valence-electron chi connectivity index (χ3n) is 3.38. The number of nitrogens with two attached hydrogens (primary N) is 1.